The van der Waals surface area contributed by atoms with Crippen LogP contribution in [-0.2, 0) is 11.2 Å². The van der Waals surface area contributed by atoms with Crippen LogP contribution in [0.5, 0.6) is 0 Å². The van der Waals surface area contributed by atoms with Gasteiger partial charge in [-0.1, -0.05) is 18.2 Å². The second-order valence-electron chi connectivity index (χ2n) is 3.62. The van der Waals surface area contributed by atoms with Gasteiger partial charge in [0.2, 0.25) is 0 Å². The van der Waals surface area contributed by atoms with Gasteiger partial charge >= 0.3 is 0 Å². The predicted octanol–water partition coefficient (Wildman–Crippen LogP) is 1.50. The predicted molar refractivity (Wildman–Crippen MR) is 60.9 cm³/mol. The van der Waals surface area contributed by atoms with Crippen LogP contribution in [0.1, 0.15) is 5.69 Å². The van der Waals surface area contributed by atoms with Gasteiger partial charge in [0.15, 0.2) is 0 Å². The van der Waals surface area contributed by atoms with Crippen molar-refractivity contribution in [3.63, 3.8) is 0 Å². The molecule has 0 fully saturated rings. The van der Waals surface area contributed by atoms with E-state index in [0.717, 1.165) is 17.5 Å². The van der Waals surface area contributed by atoms with E-state index in [4.69, 9.17) is 0 Å². The van der Waals surface area contributed by atoms with Crippen molar-refractivity contribution in [3.05, 3.63) is 36.0 Å². The molecule has 0 radical (unpaired) electrons. The summed E-state index contributed by atoms with van der Waals surface area (Å²) < 4.78 is 0. The molecule has 0 spiro atoms. The molecule has 0 aliphatic heterocycles. The van der Waals surface area contributed by atoms with E-state index in [-0.39, 0.29) is 6.04 Å². The van der Waals surface area contributed by atoms with Crippen LogP contribution in [0.3, 0.4) is 0 Å². The van der Waals surface area contributed by atoms with Crippen LogP contribution in [-0.4, -0.2) is 24.4 Å². The van der Waals surface area contributed by atoms with Gasteiger partial charge in [-0.3, -0.25) is 0 Å². The lowest BCUT2D eigenvalue weighted by Gasteiger charge is -2.05. The first-order valence-corrected chi connectivity index (χ1v) is 5.02. The lowest BCUT2D eigenvalue weighted by molar-refractivity contribution is -0.109. The van der Waals surface area contributed by atoms with Gasteiger partial charge in [0.05, 0.1) is 6.04 Å². The minimum Gasteiger partial charge on any atom is -0.358 e. The van der Waals surface area contributed by atoms with Crippen molar-refractivity contribution in [1.29, 1.82) is 0 Å². The number of aromatic nitrogens is 1. The number of carbonyl (C=O) groups excluding carboxylic acids is 1. The highest BCUT2D eigenvalue weighted by Gasteiger charge is 2.07. The first-order chi connectivity index (χ1) is 7.33. The normalized spacial score (nSPS) is 12.9. The molecule has 2 rings (SSSR count). The summed E-state index contributed by atoms with van der Waals surface area (Å²) in [6, 6.07) is 10.1. The lowest BCUT2D eigenvalue weighted by atomic mass is 10.2. The number of aldehydes is 1. The first-order valence-electron chi connectivity index (χ1n) is 5.02. The van der Waals surface area contributed by atoms with E-state index in [1.54, 1.807) is 7.05 Å². The molecule has 0 aliphatic carbocycles. The third kappa shape index (κ3) is 2.07. The van der Waals surface area contributed by atoms with Crippen molar-refractivity contribution in [3.8, 4) is 0 Å². The first kappa shape index (κ1) is 9.93. The largest absolute Gasteiger partial charge is 0.358 e. The number of hydrogen-bond acceptors (Lipinski definition) is 2. The zero-order valence-electron chi connectivity index (χ0n) is 8.66. The number of likely N-dealkylation sites (N-methyl/N-ethyl adjacent to an activating group) is 1. The summed E-state index contributed by atoms with van der Waals surface area (Å²) in [5.74, 6) is 0. The van der Waals surface area contributed by atoms with Gasteiger partial charge in [0, 0.05) is 17.6 Å². The number of aromatic amines is 1. The number of H-pyrrole nitrogens is 1. The van der Waals surface area contributed by atoms with Crippen LogP contribution in [0.2, 0.25) is 0 Å². The Morgan fingerprint density at radius 3 is 2.93 bits per heavy atom. The Bertz CT molecular complexity index is 428. The van der Waals surface area contributed by atoms with E-state index in [2.05, 4.69) is 22.4 Å². The van der Waals surface area contributed by atoms with Crippen molar-refractivity contribution >= 4 is 17.2 Å². The molecule has 3 heteroatoms. The van der Waals surface area contributed by atoms with Crippen molar-refractivity contribution in [2.45, 2.75) is 12.5 Å². The molecule has 1 heterocycles. The Morgan fingerprint density at radius 1 is 1.47 bits per heavy atom. The Hall–Kier alpha value is -1.61. The third-order valence-electron chi connectivity index (χ3n) is 2.56. The number of fused-ring (bicyclic) bond motifs is 1. The molecule has 0 aliphatic rings. The van der Waals surface area contributed by atoms with E-state index < -0.39 is 0 Å². The van der Waals surface area contributed by atoms with E-state index in [0.29, 0.717) is 6.42 Å². The van der Waals surface area contributed by atoms with Crippen molar-refractivity contribution in [1.82, 2.24) is 10.3 Å². The molecule has 0 amide bonds. The molecule has 3 nitrogen and oxygen atoms in total. The van der Waals surface area contributed by atoms with Gasteiger partial charge in [0.25, 0.3) is 0 Å². The van der Waals surface area contributed by atoms with Gasteiger partial charge in [0.1, 0.15) is 6.29 Å². The zero-order valence-corrected chi connectivity index (χ0v) is 8.66. The van der Waals surface area contributed by atoms with Gasteiger partial charge in [-0.15, -0.1) is 0 Å². The smallest absolute Gasteiger partial charge is 0.137 e. The molecule has 0 bridgehead atoms. The summed E-state index contributed by atoms with van der Waals surface area (Å²) in [5, 5.41) is 4.14. The van der Waals surface area contributed by atoms with Crippen molar-refractivity contribution in [2.24, 2.45) is 0 Å². The summed E-state index contributed by atoms with van der Waals surface area (Å²) in [5.41, 5.74) is 2.20. The molecule has 1 atom stereocenters. The number of rotatable bonds is 4. The fraction of sp³-hybridized carbons (Fsp3) is 0.250. The molecule has 78 valence electrons. The Labute approximate surface area is 88.5 Å². The van der Waals surface area contributed by atoms with E-state index in [9.17, 15) is 4.79 Å². The maximum atomic E-state index is 10.7. The topological polar surface area (TPSA) is 44.9 Å². The molecule has 2 aromatic rings. The highest BCUT2D eigenvalue weighted by Crippen LogP contribution is 2.15. The maximum absolute atomic E-state index is 10.7. The van der Waals surface area contributed by atoms with Crippen molar-refractivity contribution in [2.75, 3.05) is 7.05 Å². The van der Waals surface area contributed by atoms with E-state index in [1.807, 2.05) is 18.2 Å². The second-order valence-corrected chi connectivity index (χ2v) is 3.62. The number of nitrogens with one attached hydrogen (secondary N) is 2. The van der Waals surface area contributed by atoms with Gasteiger partial charge in [-0.2, -0.15) is 0 Å². The number of hydrogen-bond donors (Lipinski definition) is 2. The van der Waals surface area contributed by atoms with E-state index in [1.165, 1.54) is 5.39 Å². The number of para-hydroxylation sites is 1. The number of benzene rings is 1. The van der Waals surface area contributed by atoms with Crippen LogP contribution >= 0.6 is 0 Å². The SMILES string of the molecule is CNC(C=O)Cc1cc2ccccc2[nH]1. The number of carbonyl (C=O) groups is 1. The average molecular weight is 202 g/mol. The summed E-state index contributed by atoms with van der Waals surface area (Å²) in [7, 11) is 1.79. The molecular formula is C12H14N2O. The third-order valence-corrected chi connectivity index (χ3v) is 2.56. The molecule has 15 heavy (non-hydrogen) atoms. The standard InChI is InChI=1S/C12H14N2O/c1-13-11(8-15)7-10-6-9-4-2-3-5-12(9)14-10/h2-6,8,11,13-14H,7H2,1H3. The second kappa shape index (κ2) is 4.28. The summed E-state index contributed by atoms with van der Waals surface area (Å²) in [6.45, 7) is 0. The van der Waals surface area contributed by atoms with Gasteiger partial charge in [-0.05, 0) is 24.6 Å². The molecule has 1 unspecified atom stereocenters. The van der Waals surface area contributed by atoms with Crippen LogP contribution in [0.4, 0.5) is 0 Å². The molecule has 0 saturated heterocycles. The van der Waals surface area contributed by atoms with Crippen LogP contribution in [0, 0.1) is 0 Å². The molecule has 1 aromatic carbocycles. The van der Waals surface area contributed by atoms with E-state index >= 15 is 0 Å². The maximum Gasteiger partial charge on any atom is 0.137 e. The Kier molecular flexibility index (Phi) is 2.83. The lowest BCUT2D eigenvalue weighted by Crippen LogP contribution is -2.28. The highest BCUT2D eigenvalue weighted by atomic mass is 16.1. The minimum absolute atomic E-state index is 0.113. The van der Waals surface area contributed by atoms with Crippen LogP contribution < -0.4 is 5.32 Å². The van der Waals surface area contributed by atoms with Gasteiger partial charge in [-0.25, -0.2) is 0 Å². The van der Waals surface area contributed by atoms with Crippen LogP contribution in [0.15, 0.2) is 30.3 Å². The monoisotopic (exact) mass is 202 g/mol. The quantitative estimate of drug-likeness (QED) is 0.738. The summed E-state index contributed by atoms with van der Waals surface area (Å²) >= 11 is 0. The highest BCUT2D eigenvalue weighted by molar-refractivity contribution is 5.80. The molecule has 2 N–H and O–H groups in total. The van der Waals surface area contributed by atoms with Crippen LogP contribution in [0.25, 0.3) is 10.9 Å². The van der Waals surface area contributed by atoms with Crippen molar-refractivity contribution < 1.29 is 4.79 Å². The Balaban J connectivity index is 2.25. The molecule has 0 saturated carbocycles. The summed E-state index contributed by atoms with van der Waals surface area (Å²) in [6.07, 6.45) is 1.64. The minimum atomic E-state index is -0.113. The fourth-order valence-corrected chi connectivity index (χ4v) is 1.70. The molecular weight excluding hydrogens is 188 g/mol. The zero-order chi connectivity index (χ0) is 10.7. The Morgan fingerprint density at radius 2 is 2.27 bits per heavy atom. The van der Waals surface area contributed by atoms with Gasteiger partial charge < -0.3 is 15.1 Å². The average Bonchev–Trinajstić information content (AvgIpc) is 2.68. The molecule has 1 aromatic heterocycles. The summed E-state index contributed by atoms with van der Waals surface area (Å²) in [4.78, 5) is 14.0. The fourth-order valence-electron chi connectivity index (χ4n) is 1.70.